The van der Waals surface area contributed by atoms with Crippen LogP contribution in [0, 0.1) is 12.7 Å². The van der Waals surface area contributed by atoms with Gasteiger partial charge in [-0.25, -0.2) is 12.8 Å². The number of carbonyl (C=O) groups excluding carboxylic acids is 1. The zero-order valence-corrected chi connectivity index (χ0v) is 18.1. The zero-order valence-electron chi connectivity index (χ0n) is 17.3. The first kappa shape index (κ1) is 21.8. The van der Waals surface area contributed by atoms with Crippen molar-refractivity contribution in [2.45, 2.75) is 31.6 Å². The van der Waals surface area contributed by atoms with E-state index in [0.717, 1.165) is 34.6 Å². The summed E-state index contributed by atoms with van der Waals surface area (Å²) in [6.45, 7) is 4.53. The van der Waals surface area contributed by atoms with Gasteiger partial charge < -0.3 is 9.88 Å². The molecule has 0 fully saturated rings. The summed E-state index contributed by atoms with van der Waals surface area (Å²) in [5.74, 6) is -0.392. The van der Waals surface area contributed by atoms with Gasteiger partial charge in [0, 0.05) is 24.2 Å². The molecule has 30 heavy (non-hydrogen) atoms. The van der Waals surface area contributed by atoms with Crippen molar-refractivity contribution in [3.05, 3.63) is 71.7 Å². The molecule has 0 unspecified atom stereocenters. The van der Waals surface area contributed by atoms with E-state index in [-0.39, 0.29) is 23.0 Å². The smallest absolute Gasteiger partial charge is 0.224 e. The predicted octanol–water partition coefficient (Wildman–Crippen LogP) is 4.06. The Labute approximate surface area is 176 Å². The number of sulfone groups is 1. The lowest BCUT2D eigenvalue weighted by Gasteiger charge is -2.13. The third-order valence-corrected chi connectivity index (χ3v) is 6.07. The van der Waals surface area contributed by atoms with Gasteiger partial charge in [-0.1, -0.05) is 19.1 Å². The van der Waals surface area contributed by atoms with Crippen LogP contribution in [0.15, 0.2) is 59.5 Å². The summed E-state index contributed by atoms with van der Waals surface area (Å²) >= 11 is 0. The fourth-order valence-electron chi connectivity index (χ4n) is 3.35. The zero-order chi connectivity index (χ0) is 21.9. The largest absolute Gasteiger partial charge is 0.356 e. The standard InChI is InChI=1S/C23H25FN2O3S/c1-4-13-25-23(27)15-18-14-22(17-5-11-21(12-6-17)30(3,28)29)26(16(18)2)20-9-7-19(24)8-10-20/h5-12,14H,4,13,15H2,1-3H3,(H,25,27). The number of rotatable bonds is 7. The summed E-state index contributed by atoms with van der Waals surface area (Å²) in [5.41, 5.74) is 4.09. The number of aromatic nitrogens is 1. The third-order valence-electron chi connectivity index (χ3n) is 4.94. The summed E-state index contributed by atoms with van der Waals surface area (Å²) in [7, 11) is -3.30. The summed E-state index contributed by atoms with van der Waals surface area (Å²) in [5, 5.41) is 2.88. The Morgan fingerprint density at radius 2 is 1.70 bits per heavy atom. The molecule has 1 amide bonds. The molecular formula is C23H25FN2O3S. The van der Waals surface area contributed by atoms with Gasteiger partial charge in [-0.05, 0) is 66.9 Å². The molecule has 0 spiro atoms. The number of halogens is 1. The molecule has 0 aliphatic heterocycles. The fraction of sp³-hybridized carbons (Fsp3) is 0.261. The number of amides is 1. The van der Waals surface area contributed by atoms with Crippen LogP contribution in [0.4, 0.5) is 4.39 Å². The van der Waals surface area contributed by atoms with Crippen molar-refractivity contribution in [2.75, 3.05) is 12.8 Å². The van der Waals surface area contributed by atoms with Crippen molar-refractivity contribution >= 4 is 15.7 Å². The van der Waals surface area contributed by atoms with Crippen molar-refractivity contribution in [1.82, 2.24) is 9.88 Å². The molecule has 1 N–H and O–H groups in total. The van der Waals surface area contributed by atoms with E-state index in [1.165, 1.54) is 18.4 Å². The summed E-state index contributed by atoms with van der Waals surface area (Å²) in [4.78, 5) is 12.5. The molecule has 1 heterocycles. The molecule has 158 valence electrons. The Kier molecular flexibility index (Phi) is 6.41. The van der Waals surface area contributed by atoms with Crippen molar-refractivity contribution in [2.24, 2.45) is 0 Å². The SMILES string of the molecule is CCCNC(=O)Cc1cc(-c2ccc(S(C)(=O)=O)cc2)n(-c2ccc(F)cc2)c1C. The molecule has 2 aromatic carbocycles. The number of benzene rings is 2. The minimum absolute atomic E-state index is 0.0600. The molecule has 1 aromatic heterocycles. The molecule has 0 aliphatic rings. The molecule has 0 bridgehead atoms. The Hall–Kier alpha value is -2.93. The Morgan fingerprint density at radius 3 is 2.27 bits per heavy atom. The molecule has 0 atom stereocenters. The number of nitrogens with zero attached hydrogens (tertiary/aromatic N) is 1. The molecule has 3 aromatic rings. The lowest BCUT2D eigenvalue weighted by Crippen LogP contribution is -2.25. The number of hydrogen-bond acceptors (Lipinski definition) is 3. The Balaban J connectivity index is 2.09. The van der Waals surface area contributed by atoms with E-state index in [1.807, 2.05) is 24.5 Å². The minimum atomic E-state index is -3.30. The van der Waals surface area contributed by atoms with Gasteiger partial charge in [0.15, 0.2) is 9.84 Å². The summed E-state index contributed by atoms with van der Waals surface area (Å²) in [6, 6.07) is 14.7. The van der Waals surface area contributed by atoms with Gasteiger partial charge >= 0.3 is 0 Å². The number of hydrogen-bond donors (Lipinski definition) is 1. The highest BCUT2D eigenvalue weighted by Crippen LogP contribution is 2.30. The highest BCUT2D eigenvalue weighted by molar-refractivity contribution is 7.90. The minimum Gasteiger partial charge on any atom is -0.356 e. The lowest BCUT2D eigenvalue weighted by atomic mass is 10.1. The summed E-state index contributed by atoms with van der Waals surface area (Å²) in [6.07, 6.45) is 2.26. The highest BCUT2D eigenvalue weighted by atomic mass is 32.2. The van der Waals surface area contributed by atoms with Crippen LogP contribution in [0.5, 0.6) is 0 Å². The second-order valence-corrected chi connectivity index (χ2v) is 9.29. The normalized spacial score (nSPS) is 11.5. The Bertz CT molecular complexity index is 1150. The van der Waals surface area contributed by atoms with Gasteiger partial charge in [0.05, 0.1) is 17.0 Å². The first-order valence-corrected chi connectivity index (χ1v) is 11.6. The number of carbonyl (C=O) groups is 1. The van der Waals surface area contributed by atoms with Crippen molar-refractivity contribution in [3.8, 4) is 16.9 Å². The second-order valence-electron chi connectivity index (χ2n) is 7.28. The van der Waals surface area contributed by atoms with Gasteiger partial charge in [-0.15, -0.1) is 0 Å². The average Bonchev–Trinajstić information content (AvgIpc) is 3.02. The van der Waals surface area contributed by atoms with E-state index >= 15 is 0 Å². The molecule has 3 rings (SSSR count). The number of nitrogens with one attached hydrogen (secondary N) is 1. The molecule has 0 radical (unpaired) electrons. The first-order chi connectivity index (χ1) is 14.2. The molecule has 5 nitrogen and oxygen atoms in total. The molecular weight excluding hydrogens is 403 g/mol. The van der Waals surface area contributed by atoms with E-state index < -0.39 is 9.84 Å². The van der Waals surface area contributed by atoms with E-state index in [0.29, 0.717) is 6.54 Å². The maximum absolute atomic E-state index is 13.5. The van der Waals surface area contributed by atoms with Crippen molar-refractivity contribution < 1.29 is 17.6 Å². The van der Waals surface area contributed by atoms with Crippen LogP contribution >= 0.6 is 0 Å². The topological polar surface area (TPSA) is 68.2 Å². The van der Waals surface area contributed by atoms with E-state index in [1.54, 1.807) is 36.4 Å². The van der Waals surface area contributed by atoms with Crippen LogP contribution < -0.4 is 5.32 Å². The van der Waals surface area contributed by atoms with Gasteiger partial charge in [0.25, 0.3) is 0 Å². The van der Waals surface area contributed by atoms with Crippen LogP contribution in [-0.4, -0.2) is 31.7 Å². The molecule has 7 heteroatoms. The van der Waals surface area contributed by atoms with Gasteiger partial charge in [-0.3, -0.25) is 4.79 Å². The van der Waals surface area contributed by atoms with Gasteiger partial charge in [-0.2, -0.15) is 0 Å². The van der Waals surface area contributed by atoms with Crippen LogP contribution in [0.2, 0.25) is 0 Å². The van der Waals surface area contributed by atoms with Crippen LogP contribution in [0.1, 0.15) is 24.6 Å². The van der Waals surface area contributed by atoms with Gasteiger partial charge in [0.2, 0.25) is 5.91 Å². The average molecular weight is 429 g/mol. The first-order valence-electron chi connectivity index (χ1n) is 9.75. The second kappa shape index (κ2) is 8.83. The van der Waals surface area contributed by atoms with Crippen molar-refractivity contribution in [1.29, 1.82) is 0 Å². The van der Waals surface area contributed by atoms with E-state index in [2.05, 4.69) is 5.32 Å². The fourth-order valence-corrected chi connectivity index (χ4v) is 3.98. The summed E-state index contributed by atoms with van der Waals surface area (Å²) < 4.78 is 39.0. The Morgan fingerprint density at radius 1 is 1.07 bits per heavy atom. The van der Waals surface area contributed by atoms with Crippen LogP contribution in [-0.2, 0) is 21.1 Å². The van der Waals surface area contributed by atoms with Gasteiger partial charge in [0.1, 0.15) is 5.82 Å². The maximum Gasteiger partial charge on any atom is 0.224 e. The monoisotopic (exact) mass is 428 g/mol. The van der Waals surface area contributed by atoms with Crippen LogP contribution in [0.25, 0.3) is 16.9 Å². The maximum atomic E-state index is 13.5. The molecule has 0 saturated carbocycles. The van der Waals surface area contributed by atoms with Crippen molar-refractivity contribution in [3.63, 3.8) is 0 Å². The third kappa shape index (κ3) is 4.79. The van der Waals surface area contributed by atoms with Crippen LogP contribution in [0.3, 0.4) is 0 Å². The lowest BCUT2D eigenvalue weighted by molar-refractivity contribution is -0.120. The molecule has 0 saturated heterocycles. The predicted molar refractivity (Wildman–Crippen MR) is 116 cm³/mol. The van der Waals surface area contributed by atoms with E-state index in [4.69, 9.17) is 0 Å². The molecule has 0 aliphatic carbocycles. The quantitative estimate of drug-likeness (QED) is 0.617. The van der Waals surface area contributed by atoms with E-state index in [9.17, 15) is 17.6 Å². The highest BCUT2D eigenvalue weighted by Gasteiger charge is 2.18.